The predicted molar refractivity (Wildman–Crippen MR) is 61.0 cm³/mol. The second-order valence-corrected chi connectivity index (χ2v) is 4.39. The molecule has 0 amide bonds. The molecule has 3 nitrogen and oxygen atoms in total. The van der Waals surface area contributed by atoms with E-state index < -0.39 is 5.97 Å². The first kappa shape index (κ1) is 11.0. The molecule has 0 atom stereocenters. The Morgan fingerprint density at radius 2 is 2.25 bits per heavy atom. The molecule has 0 radical (unpaired) electrons. The number of benzene rings is 1. The van der Waals surface area contributed by atoms with Crippen molar-refractivity contribution < 1.29 is 14.6 Å². The molecule has 1 saturated carbocycles. The summed E-state index contributed by atoms with van der Waals surface area (Å²) in [5.74, 6) is 0.452. The maximum absolute atomic E-state index is 10.8. The molecule has 0 aromatic heterocycles. The zero-order valence-electron chi connectivity index (χ0n) is 9.40. The SMILES string of the molecule is Cc1ccc(C(=O)O)cc1OCC1CCC1. The van der Waals surface area contributed by atoms with Crippen LogP contribution in [0.5, 0.6) is 5.75 Å². The Labute approximate surface area is 95.0 Å². The minimum Gasteiger partial charge on any atom is -0.493 e. The molecule has 0 spiro atoms. The van der Waals surface area contributed by atoms with Crippen molar-refractivity contribution >= 4 is 5.97 Å². The third-order valence-electron chi connectivity index (χ3n) is 3.13. The van der Waals surface area contributed by atoms with E-state index in [0.717, 1.165) is 5.56 Å². The van der Waals surface area contributed by atoms with Gasteiger partial charge in [-0.1, -0.05) is 12.5 Å². The molecule has 1 aliphatic rings. The zero-order valence-corrected chi connectivity index (χ0v) is 9.40. The highest BCUT2D eigenvalue weighted by Crippen LogP contribution is 2.28. The fourth-order valence-corrected chi connectivity index (χ4v) is 1.76. The van der Waals surface area contributed by atoms with Crippen molar-refractivity contribution in [3.63, 3.8) is 0 Å². The minimum absolute atomic E-state index is 0.286. The monoisotopic (exact) mass is 220 g/mol. The lowest BCUT2D eigenvalue weighted by Gasteiger charge is -2.25. The minimum atomic E-state index is -0.909. The van der Waals surface area contributed by atoms with Crippen LogP contribution in [0.15, 0.2) is 18.2 Å². The van der Waals surface area contributed by atoms with E-state index in [0.29, 0.717) is 18.3 Å². The van der Waals surface area contributed by atoms with Gasteiger partial charge < -0.3 is 9.84 Å². The largest absolute Gasteiger partial charge is 0.493 e. The number of ether oxygens (including phenoxy) is 1. The van der Waals surface area contributed by atoms with Crippen LogP contribution in [0.2, 0.25) is 0 Å². The first-order valence-electron chi connectivity index (χ1n) is 5.63. The van der Waals surface area contributed by atoms with Crippen LogP contribution in [0.3, 0.4) is 0 Å². The summed E-state index contributed by atoms with van der Waals surface area (Å²) in [7, 11) is 0. The van der Waals surface area contributed by atoms with Crippen molar-refractivity contribution in [2.45, 2.75) is 26.2 Å². The molecule has 16 heavy (non-hydrogen) atoms. The first-order valence-corrected chi connectivity index (χ1v) is 5.63. The fraction of sp³-hybridized carbons (Fsp3) is 0.462. The first-order chi connectivity index (χ1) is 7.66. The van der Waals surface area contributed by atoms with Gasteiger partial charge in [-0.25, -0.2) is 4.79 Å². The van der Waals surface area contributed by atoms with Gasteiger partial charge in [-0.15, -0.1) is 0 Å². The number of carboxylic acid groups (broad SMARTS) is 1. The normalized spacial score (nSPS) is 15.6. The van der Waals surface area contributed by atoms with Gasteiger partial charge in [-0.05, 0) is 43.4 Å². The summed E-state index contributed by atoms with van der Waals surface area (Å²) < 4.78 is 5.67. The van der Waals surface area contributed by atoms with Gasteiger partial charge in [-0.3, -0.25) is 0 Å². The van der Waals surface area contributed by atoms with Crippen LogP contribution >= 0.6 is 0 Å². The number of aryl methyl sites for hydroxylation is 1. The van der Waals surface area contributed by atoms with Gasteiger partial charge in [0.15, 0.2) is 0 Å². The molecule has 3 heteroatoms. The summed E-state index contributed by atoms with van der Waals surface area (Å²) in [6.45, 7) is 2.64. The van der Waals surface area contributed by atoms with Crippen molar-refractivity contribution in [1.82, 2.24) is 0 Å². The molecule has 2 rings (SSSR count). The molecular weight excluding hydrogens is 204 g/mol. The van der Waals surface area contributed by atoms with Crippen molar-refractivity contribution in [1.29, 1.82) is 0 Å². The molecule has 86 valence electrons. The molecule has 1 aliphatic carbocycles. The summed E-state index contributed by atoms with van der Waals surface area (Å²) in [6, 6.07) is 5.00. The number of rotatable bonds is 4. The van der Waals surface area contributed by atoms with Gasteiger partial charge in [-0.2, -0.15) is 0 Å². The highest BCUT2D eigenvalue weighted by atomic mass is 16.5. The van der Waals surface area contributed by atoms with Crippen LogP contribution in [0, 0.1) is 12.8 Å². The quantitative estimate of drug-likeness (QED) is 0.848. The van der Waals surface area contributed by atoms with Crippen LogP contribution in [0.4, 0.5) is 0 Å². The third kappa shape index (κ3) is 2.35. The molecule has 1 aromatic rings. The van der Waals surface area contributed by atoms with Crippen LogP contribution < -0.4 is 4.74 Å². The van der Waals surface area contributed by atoms with Gasteiger partial charge in [0.1, 0.15) is 5.75 Å². The maximum Gasteiger partial charge on any atom is 0.335 e. The molecule has 0 heterocycles. The zero-order chi connectivity index (χ0) is 11.5. The van der Waals surface area contributed by atoms with E-state index in [9.17, 15) is 4.79 Å². The highest BCUT2D eigenvalue weighted by molar-refractivity contribution is 5.88. The summed E-state index contributed by atoms with van der Waals surface area (Å²) in [5, 5.41) is 8.88. The number of carbonyl (C=O) groups is 1. The Hall–Kier alpha value is -1.51. The second-order valence-electron chi connectivity index (χ2n) is 4.39. The van der Waals surface area contributed by atoms with E-state index in [-0.39, 0.29) is 5.56 Å². The number of hydrogen-bond donors (Lipinski definition) is 1. The Balaban J connectivity index is 2.05. The van der Waals surface area contributed by atoms with Gasteiger partial charge in [0.2, 0.25) is 0 Å². The lowest BCUT2D eigenvalue weighted by atomic mass is 9.86. The Morgan fingerprint density at radius 1 is 1.50 bits per heavy atom. The van der Waals surface area contributed by atoms with Gasteiger partial charge in [0, 0.05) is 0 Å². The number of carboxylic acids is 1. The maximum atomic E-state index is 10.8. The summed E-state index contributed by atoms with van der Waals surface area (Å²) in [6.07, 6.45) is 3.76. The Bertz CT molecular complexity index is 394. The van der Waals surface area contributed by atoms with Gasteiger partial charge in [0.25, 0.3) is 0 Å². The second kappa shape index (κ2) is 4.56. The van der Waals surface area contributed by atoms with E-state index in [4.69, 9.17) is 9.84 Å². The topological polar surface area (TPSA) is 46.5 Å². The summed E-state index contributed by atoms with van der Waals surface area (Å²) in [4.78, 5) is 10.8. The van der Waals surface area contributed by atoms with Gasteiger partial charge >= 0.3 is 5.97 Å². The molecule has 0 unspecified atom stereocenters. The Kier molecular flexibility index (Phi) is 3.13. The van der Waals surface area contributed by atoms with Crippen LogP contribution in [-0.4, -0.2) is 17.7 Å². The van der Waals surface area contributed by atoms with Crippen molar-refractivity contribution in [2.24, 2.45) is 5.92 Å². The molecule has 1 aromatic carbocycles. The van der Waals surface area contributed by atoms with Crippen molar-refractivity contribution in [2.75, 3.05) is 6.61 Å². The van der Waals surface area contributed by atoms with Crippen molar-refractivity contribution in [3.05, 3.63) is 29.3 Å². The Morgan fingerprint density at radius 3 is 2.81 bits per heavy atom. The van der Waals surface area contributed by atoms with Crippen LogP contribution in [0.25, 0.3) is 0 Å². The molecule has 0 aliphatic heterocycles. The standard InChI is InChI=1S/C13H16O3/c1-9-5-6-11(13(14)15)7-12(9)16-8-10-3-2-4-10/h5-7,10H,2-4,8H2,1H3,(H,14,15). The average Bonchev–Trinajstić information content (AvgIpc) is 2.18. The fourth-order valence-electron chi connectivity index (χ4n) is 1.76. The van der Waals surface area contributed by atoms with E-state index in [2.05, 4.69) is 0 Å². The summed E-state index contributed by atoms with van der Waals surface area (Å²) in [5.41, 5.74) is 1.28. The van der Waals surface area contributed by atoms with Gasteiger partial charge in [0.05, 0.1) is 12.2 Å². The van der Waals surface area contributed by atoms with Crippen LogP contribution in [-0.2, 0) is 0 Å². The van der Waals surface area contributed by atoms with Crippen LogP contribution in [0.1, 0.15) is 35.2 Å². The third-order valence-corrected chi connectivity index (χ3v) is 3.13. The van der Waals surface area contributed by atoms with E-state index >= 15 is 0 Å². The smallest absolute Gasteiger partial charge is 0.335 e. The lowest BCUT2D eigenvalue weighted by Crippen LogP contribution is -2.19. The molecule has 1 N–H and O–H groups in total. The molecule has 0 bridgehead atoms. The predicted octanol–water partition coefficient (Wildman–Crippen LogP) is 2.87. The average molecular weight is 220 g/mol. The van der Waals surface area contributed by atoms with E-state index in [1.54, 1.807) is 18.2 Å². The molecular formula is C13H16O3. The summed E-state index contributed by atoms with van der Waals surface area (Å²) >= 11 is 0. The highest BCUT2D eigenvalue weighted by Gasteiger charge is 2.18. The van der Waals surface area contributed by atoms with E-state index in [1.165, 1.54) is 19.3 Å². The van der Waals surface area contributed by atoms with E-state index in [1.807, 2.05) is 6.92 Å². The van der Waals surface area contributed by atoms with Crippen molar-refractivity contribution in [3.8, 4) is 5.75 Å². The number of aromatic carboxylic acids is 1. The lowest BCUT2D eigenvalue weighted by molar-refractivity contribution is 0.0696. The molecule has 0 saturated heterocycles. The molecule has 1 fully saturated rings. The number of hydrogen-bond acceptors (Lipinski definition) is 2.